The summed E-state index contributed by atoms with van der Waals surface area (Å²) in [7, 11) is 0. The van der Waals surface area contributed by atoms with E-state index in [2.05, 4.69) is 424 Å². The standard InChI is InChI=1S/C114H77N3O2/c1-114(2,3)101-44-20-18-40-95(101)103-46-22-23-57-115(103)84-65-100-98-63-81(72-47-49-74(50-48-72)86-36-16-17-38-90(86)91-42-24-35-79-58-75-31-12-13-33-77(75)61-96(79)91)64-105-108(98)109-99(66-85(68-106(109)118-105)116-69-82-59-78(70-26-6-4-7-27-70)52-54-88(82)92-39-19-21-45-102(92)116)93-55-56-104(113-111(93)110(100)107(67-84)119-113)117(83-53-51-71-28-10-11-32-76(71)60-83)112-89-37-15-14-34-80(89)62-97-87(41-25-43-94(97)112)73-29-8-5-9-30-73/h4-38,40-56,58-69H,39,57H2,1-3H3. The van der Waals surface area contributed by atoms with Gasteiger partial charge in [0.25, 0.3) is 0 Å². The Labute approximate surface area is 688 Å². The van der Waals surface area contributed by atoms with Gasteiger partial charge in [-0.3, -0.25) is 0 Å². The molecular formula is C114H77N3O2. The molecule has 21 aromatic rings. The van der Waals surface area contributed by atoms with Gasteiger partial charge >= 0.3 is 0 Å². The first-order valence-electron chi connectivity index (χ1n) is 41.4. The number of nitrogens with zero attached hydrogens (tertiary/aromatic N) is 3. The Balaban J connectivity index is 0.811. The van der Waals surface area contributed by atoms with Gasteiger partial charge in [0.05, 0.1) is 11.4 Å². The molecule has 19 aromatic carbocycles. The lowest BCUT2D eigenvalue weighted by molar-refractivity contribution is 0.588. The van der Waals surface area contributed by atoms with Crippen LogP contribution in [0.25, 0.3) is 192 Å². The normalized spacial score (nSPS) is 13.7. The van der Waals surface area contributed by atoms with Gasteiger partial charge in [-0.25, -0.2) is 0 Å². The van der Waals surface area contributed by atoms with Crippen LogP contribution in [0.2, 0.25) is 0 Å². The number of furan rings is 2. The van der Waals surface area contributed by atoms with Gasteiger partial charge in [-0.2, -0.15) is 0 Å². The zero-order valence-electron chi connectivity index (χ0n) is 66.0. The predicted molar refractivity (Wildman–Crippen MR) is 504 cm³/mol. The topological polar surface area (TPSA) is 36.0 Å². The molecule has 0 bridgehead atoms. The van der Waals surface area contributed by atoms with Crippen LogP contribution in [0.15, 0.2) is 397 Å². The molecule has 24 rings (SSSR count). The van der Waals surface area contributed by atoms with Crippen LogP contribution in [0.3, 0.4) is 0 Å². The van der Waals surface area contributed by atoms with Crippen LogP contribution in [0, 0.1) is 0 Å². The van der Waals surface area contributed by atoms with E-state index < -0.39 is 0 Å². The molecule has 0 amide bonds. The van der Waals surface area contributed by atoms with Crippen LogP contribution in [-0.4, -0.2) is 6.54 Å². The number of fused-ring (bicyclic) bond motifs is 9. The lowest BCUT2D eigenvalue weighted by Crippen LogP contribution is -2.38. The first-order chi connectivity index (χ1) is 58.6. The van der Waals surface area contributed by atoms with E-state index in [4.69, 9.17) is 8.83 Å². The average molecular weight is 1520 g/mol. The van der Waals surface area contributed by atoms with Crippen molar-refractivity contribution in [2.45, 2.75) is 32.6 Å². The Morgan fingerprint density at radius 2 is 0.899 bits per heavy atom. The SMILES string of the molecule is CC(C)(C)c1ccccc1C1=CC=CCN1c1cc2oc3c(N(c4ccc5ccccc5c4)c4c5ccccc5cc5c(-c6ccccc6)cccc45)ccc4c5cc(N6C=c7cc(-c8ccccc8)ccc7=C7CC=CC=C76)cc6oc7cc(-c8ccc(-c9ccccc9-c9cccc%10cc%11ccccc%11cc9%10)cc8)cc(c(c1)c2c34)c7c65. The van der Waals surface area contributed by atoms with Gasteiger partial charge in [0.1, 0.15) is 16.7 Å². The molecular weight excluding hydrogens is 1440 g/mol. The molecule has 0 fully saturated rings. The molecule has 0 unspecified atom stereocenters. The van der Waals surface area contributed by atoms with E-state index in [1.165, 1.54) is 76.8 Å². The van der Waals surface area contributed by atoms with Crippen molar-refractivity contribution in [2.75, 3.05) is 21.2 Å². The van der Waals surface area contributed by atoms with Crippen LogP contribution in [0.4, 0.5) is 28.4 Å². The maximum atomic E-state index is 8.23. The van der Waals surface area contributed by atoms with Crippen LogP contribution < -0.4 is 25.1 Å². The molecule has 4 heterocycles. The summed E-state index contributed by atoms with van der Waals surface area (Å²) in [5, 5.41) is 22.5. The molecule has 5 nitrogen and oxygen atoms in total. The van der Waals surface area contributed by atoms with Gasteiger partial charge in [0, 0.05) is 91.2 Å². The highest BCUT2D eigenvalue weighted by molar-refractivity contribution is 6.38. The van der Waals surface area contributed by atoms with Crippen molar-refractivity contribution in [3.05, 3.63) is 410 Å². The molecule has 0 saturated heterocycles. The second-order valence-corrected chi connectivity index (χ2v) is 33.3. The lowest BCUT2D eigenvalue weighted by atomic mass is 9.82. The van der Waals surface area contributed by atoms with Gasteiger partial charge in [-0.15, -0.1) is 0 Å². The van der Waals surface area contributed by atoms with Crippen LogP contribution in [0.1, 0.15) is 38.3 Å². The summed E-state index contributed by atoms with van der Waals surface area (Å²) >= 11 is 0. The van der Waals surface area contributed by atoms with E-state index in [-0.39, 0.29) is 5.41 Å². The minimum Gasteiger partial charge on any atom is -0.456 e. The van der Waals surface area contributed by atoms with Gasteiger partial charge in [-0.05, 0) is 233 Å². The van der Waals surface area contributed by atoms with E-state index >= 15 is 0 Å². The molecule has 2 aliphatic heterocycles. The third-order valence-corrected chi connectivity index (χ3v) is 25.4. The maximum absolute atomic E-state index is 8.23. The summed E-state index contributed by atoms with van der Waals surface area (Å²) in [6, 6.07) is 129. The Bertz CT molecular complexity index is 8150. The number of anilines is 5. The number of rotatable bonds is 11. The largest absolute Gasteiger partial charge is 0.456 e. The van der Waals surface area contributed by atoms with Crippen molar-refractivity contribution < 1.29 is 8.83 Å². The monoisotopic (exact) mass is 1520 g/mol. The second-order valence-electron chi connectivity index (χ2n) is 33.3. The fourth-order valence-electron chi connectivity index (χ4n) is 19.9. The first kappa shape index (κ1) is 68.4. The maximum Gasteiger partial charge on any atom is 0.160 e. The van der Waals surface area contributed by atoms with Crippen molar-refractivity contribution >= 4 is 165 Å². The fraction of sp³-hybridized carbons (Fsp3) is 0.0526. The van der Waals surface area contributed by atoms with Crippen LogP contribution in [-0.2, 0) is 5.41 Å². The van der Waals surface area contributed by atoms with Crippen LogP contribution >= 0.6 is 0 Å². The quantitative estimate of drug-likeness (QED) is 0.121. The Morgan fingerprint density at radius 3 is 1.72 bits per heavy atom. The molecule has 5 heteroatoms. The van der Waals surface area contributed by atoms with Crippen molar-refractivity contribution in [2.24, 2.45) is 0 Å². The van der Waals surface area contributed by atoms with E-state index in [1.807, 2.05) is 0 Å². The average Bonchev–Trinajstić information content (AvgIpc) is 1.56. The molecule has 0 saturated carbocycles. The lowest BCUT2D eigenvalue weighted by Gasteiger charge is -2.32. The summed E-state index contributed by atoms with van der Waals surface area (Å²) < 4.78 is 16.0. The van der Waals surface area contributed by atoms with Crippen LogP contribution in [0.5, 0.6) is 0 Å². The fourth-order valence-corrected chi connectivity index (χ4v) is 19.9. The minimum atomic E-state index is -0.148. The molecule has 119 heavy (non-hydrogen) atoms. The van der Waals surface area contributed by atoms with Crippen molar-refractivity contribution in [3.8, 4) is 55.6 Å². The van der Waals surface area contributed by atoms with Crippen molar-refractivity contribution in [1.82, 2.24) is 0 Å². The predicted octanol–water partition coefficient (Wildman–Crippen LogP) is 29.8. The molecule has 0 radical (unpaired) electrons. The van der Waals surface area contributed by atoms with Gasteiger partial charge < -0.3 is 23.5 Å². The van der Waals surface area contributed by atoms with E-state index in [0.717, 1.165) is 171 Å². The zero-order valence-corrected chi connectivity index (χ0v) is 66.0. The molecule has 0 spiro atoms. The third-order valence-electron chi connectivity index (χ3n) is 25.4. The Hall–Kier alpha value is -15.0. The highest BCUT2D eigenvalue weighted by Crippen LogP contribution is 2.55. The van der Waals surface area contributed by atoms with E-state index in [1.54, 1.807) is 0 Å². The highest BCUT2D eigenvalue weighted by atomic mass is 16.3. The summed E-state index contributed by atoms with van der Waals surface area (Å²) in [6.45, 7) is 7.61. The molecule has 0 atom stereocenters. The first-order valence-corrected chi connectivity index (χ1v) is 41.4. The summed E-state index contributed by atoms with van der Waals surface area (Å²) in [4.78, 5) is 7.45. The molecule has 1 aliphatic carbocycles. The molecule has 3 aliphatic rings. The van der Waals surface area contributed by atoms with Gasteiger partial charge in [0.15, 0.2) is 5.58 Å². The number of hydrogen-bond acceptors (Lipinski definition) is 5. The number of allylic oxidation sites excluding steroid dienone is 6. The number of hydrogen-bond donors (Lipinski definition) is 0. The van der Waals surface area contributed by atoms with Crippen molar-refractivity contribution in [1.29, 1.82) is 0 Å². The second kappa shape index (κ2) is 26.8. The smallest absolute Gasteiger partial charge is 0.160 e. The van der Waals surface area contributed by atoms with Gasteiger partial charge in [0.2, 0.25) is 0 Å². The summed E-state index contributed by atoms with van der Waals surface area (Å²) in [5.41, 5.74) is 25.5. The highest BCUT2D eigenvalue weighted by Gasteiger charge is 2.32. The Morgan fingerprint density at radius 1 is 0.328 bits per heavy atom. The molecule has 0 N–H and O–H groups in total. The van der Waals surface area contributed by atoms with E-state index in [9.17, 15) is 0 Å². The Kier molecular flexibility index (Phi) is 15.4. The molecule has 560 valence electrons. The van der Waals surface area contributed by atoms with E-state index in [0.29, 0.717) is 6.54 Å². The summed E-state index contributed by atoms with van der Waals surface area (Å²) in [6.07, 6.45) is 16.7. The third kappa shape index (κ3) is 11.0. The zero-order chi connectivity index (χ0) is 78.7. The number of benzene rings is 18. The molecule has 2 aromatic heterocycles. The summed E-state index contributed by atoms with van der Waals surface area (Å²) in [5.74, 6) is 0. The van der Waals surface area contributed by atoms with Crippen molar-refractivity contribution in [3.63, 3.8) is 0 Å². The van der Waals surface area contributed by atoms with Gasteiger partial charge in [-0.1, -0.05) is 312 Å². The minimum absolute atomic E-state index is 0.148.